The van der Waals surface area contributed by atoms with Gasteiger partial charge in [-0.15, -0.1) is 0 Å². The van der Waals surface area contributed by atoms with Crippen molar-refractivity contribution in [2.24, 2.45) is 0 Å². The number of hydrogen-bond acceptors (Lipinski definition) is 4. The van der Waals surface area contributed by atoms with E-state index in [0.717, 1.165) is 27.9 Å². The third-order valence-electron chi connectivity index (χ3n) is 3.97. The van der Waals surface area contributed by atoms with E-state index in [1.165, 1.54) is 11.8 Å². The van der Waals surface area contributed by atoms with Crippen LogP contribution in [0.1, 0.15) is 25.8 Å². The number of rotatable bonds is 5. The van der Waals surface area contributed by atoms with Gasteiger partial charge < -0.3 is 4.74 Å². The third-order valence-corrected chi connectivity index (χ3v) is 5.80. The quantitative estimate of drug-likeness (QED) is 0.413. The highest BCUT2D eigenvalue weighted by molar-refractivity contribution is 9.10. The van der Waals surface area contributed by atoms with Gasteiger partial charge in [0.25, 0.3) is 5.91 Å². The molecular formula is C20H18BrNO2S2. The zero-order valence-electron chi connectivity index (χ0n) is 14.4. The SMILES string of the molecule is CC[C@H](C)Oc1ccc(/C=C2/SC(=S)N(c3ccc(Br)cc3)C2=O)cc1. The number of halogens is 1. The molecule has 0 aliphatic carbocycles. The molecule has 1 atom stereocenters. The monoisotopic (exact) mass is 447 g/mol. The molecule has 3 rings (SSSR count). The third kappa shape index (κ3) is 4.37. The molecule has 0 N–H and O–H groups in total. The molecule has 1 aliphatic heterocycles. The predicted molar refractivity (Wildman–Crippen MR) is 117 cm³/mol. The van der Waals surface area contributed by atoms with E-state index >= 15 is 0 Å². The smallest absolute Gasteiger partial charge is 0.270 e. The Morgan fingerprint density at radius 3 is 2.46 bits per heavy atom. The number of carbonyl (C=O) groups is 1. The van der Waals surface area contributed by atoms with Crippen LogP contribution in [0, 0.1) is 0 Å². The number of nitrogens with zero attached hydrogens (tertiary/aromatic N) is 1. The lowest BCUT2D eigenvalue weighted by Gasteiger charge is -2.14. The van der Waals surface area contributed by atoms with Crippen molar-refractivity contribution in [2.75, 3.05) is 4.90 Å². The Kier molecular flexibility index (Phi) is 6.16. The normalized spacial score (nSPS) is 17.0. The van der Waals surface area contributed by atoms with Gasteiger partial charge in [-0.1, -0.05) is 59.0 Å². The van der Waals surface area contributed by atoms with Gasteiger partial charge in [-0.25, -0.2) is 0 Å². The number of benzene rings is 2. The molecule has 1 saturated heterocycles. The molecule has 1 fully saturated rings. The van der Waals surface area contributed by atoms with E-state index in [4.69, 9.17) is 17.0 Å². The van der Waals surface area contributed by atoms with Gasteiger partial charge in [-0.2, -0.15) is 0 Å². The van der Waals surface area contributed by atoms with Crippen molar-refractivity contribution in [2.45, 2.75) is 26.4 Å². The number of anilines is 1. The molecule has 2 aromatic carbocycles. The van der Waals surface area contributed by atoms with Crippen LogP contribution in [0.25, 0.3) is 6.08 Å². The molecule has 0 aromatic heterocycles. The van der Waals surface area contributed by atoms with E-state index in [2.05, 4.69) is 22.9 Å². The van der Waals surface area contributed by atoms with E-state index in [-0.39, 0.29) is 12.0 Å². The Bertz CT molecular complexity index is 847. The van der Waals surface area contributed by atoms with Crippen LogP contribution >= 0.6 is 39.9 Å². The minimum Gasteiger partial charge on any atom is -0.491 e. The number of hydrogen-bond donors (Lipinski definition) is 0. The van der Waals surface area contributed by atoms with Gasteiger partial charge in [0.05, 0.1) is 16.7 Å². The average Bonchev–Trinajstić information content (AvgIpc) is 2.91. The number of ether oxygens (including phenoxy) is 1. The summed E-state index contributed by atoms with van der Waals surface area (Å²) in [7, 11) is 0. The van der Waals surface area contributed by atoms with E-state index in [1.807, 2.05) is 61.5 Å². The van der Waals surface area contributed by atoms with Gasteiger partial charge in [-0.05, 0) is 61.4 Å². The van der Waals surface area contributed by atoms with Crippen LogP contribution in [-0.4, -0.2) is 16.3 Å². The molecule has 0 radical (unpaired) electrons. The summed E-state index contributed by atoms with van der Waals surface area (Å²) in [4.78, 5) is 15.0. The van der Waals surface area contributed by atoms with Gasteiger partial charge in [0.15, 0.2) is 4.32 Å². The molecule has 1 aliphatic rings. The number of amides is 1. The second-order valence-corrected chi connectivity index (χ2v) is 8.49. The standard InChI is InChI=1S/C20H18BrNO2S2/c1-3-13(2)24-17-10-4-14(5-11-17)12-18-19(23)22(20(25)26-18)16-8-6-15(21)7-9-16/h4-13H,3H2,1-2H3/b18-12+/t13-/m0/s1. The van der Waals surface area contributed by atoms with Crippen molar-refractivity contribution in [3.8, 4) is 5.75 Å². The highest BCUT2D eigenvalue weighted by Gasteiger charge is 2.33. The van der Waals surface area contributed by atoms with E-state index in [9.17, 15) is 4.79 Å². The molecule has 1 heterocycles. The maximum Gasteiger partial charge on any atom is 0.270 e. The second kappa shape index (κ2) is 8.37. The first kappa shape index (κ1) is 19.1. The maximum absolute atomic E-state index is 12.8. The van der Waals surface area contributed by atoms with Crippen molar-refractivity contribution >= 4 is 61.9 Å². The zero-order valence-corrected chi connectivity index (χ0v) is 17.7. The van der Waals surface area contributed by atoms with Gasteiger partial charge >= 0.3 is 0 Å². The van der Waals surface area contributed by atoms with Crippen molar-refractivity contribution in [3.63, 3.8) is 0 Å². The Hall–Kier alpha value is -1.63. The lowest BCUT2D eigenvalue weighted by atomic mass is 10.2. The first-order valence-electron chi connectivity index (χ1n) is 8.28. The van der Waals surface area contributed by atoms with Gasteiger partial charge in [0.1, 0.15) is 5.75 Å². The fourth-order valence-corrected chi connectivity index (χ4v) is 3.95. The molecule has 0 saturated carbocycles. The fourth-order valence-electron chi connectivity index (χ4n) is 2.39. The predicted octanol–water partition coefficient (Wildman–Crippen LogP) is 6.03. The summed E-state index contributed by atoms with van der Waals surface area (Å²) in [5.41, 5.74) is 1.72. The lowest BCUT2D eigenvalue weighted by Crippen LogP contribution is -2.27. The molecule has 26 heavy (non-hydrogen) atoms. The van der Waals surface area contributed by atoms with Crippen LogP contribution in [0.3, 0.4) is 0 Å². The summed E-state index contributed by atoms with van der Waals surface area (Å²) in [5, 5.41) is 0. The highest BCUT2D eigenvalue weighted by atomic mass is 79.9. The van der Waals surface area contributed by atoms with Crippen molar-refractivity contribution in [3.05, 3.63) is 63.5 Å². The number of carbonyl (C=O) groups excluding carboxylic acids is 1. The molecule has 2 aromatic rings. The van der Waals surface area contributed by atoms with Crippen molar-refractivity contribution in [1.82, 2.24) is 0 Å². The molecule has 0 unspecified atom stereocenters. The summed E-state index contributed by atoms with van der Waals surface area (Å²) < 4.78 is 7.29. The number of thioether (sulfide) groups is 1. The topological polar surface area (TPSA) is 29.5 Å². The first-order chi connectivity index (χ1) is 12.5. The molecule has 134 valence electrons. The average molecular weight is 448 g/mol. The number of thiocarbonyl (C=S) groups is 1. The van der Waals surface area contributed by atoms with E-state index in [1.54, 1.807) is 4.90 Å². The molecule has 0 spiro atoms. The summed E-state index contributed by atoms with van der Waals surface area (Å²) in [6.45, 7) is 4.13. The largest absolute Gasteiger partial charge is 0.491 e. The van der Waals surface area contributed by atoms with Gasteiger partial charge in [0.2, 0.25) is 0 Å². The fraction of sp³-hybridized carbons (Fsp3) is 0.200. The van der Waals surface area contributed by atoms with Crippen molar-refractivity contribution < 1.29 is 9.53 Å². The van der Waals surface area contributed by atoms with Gasteiger partial charge in [0, 0.05) is 4.47 Å². The van der Waals surface area contributed by atoms with Crippen LogP contribution in [0.2, 0.25) is 0 Å². The Morgan fingerprint density at radius 1 is 1.19 bits per heavy atom. The Labute approximate surface area is 171 Å². The molecule has 1 amide bonds. The summed E-state index contributed by atoms with van der Waals surface area (Å²) in [6, 6.07) is 15.3. The minimum atomic E-state index is -0.0951. The highest BCUT2D eigenvalue weighted by Crippen LogP contribution is 2.36. The Morgan fingerprint density at radius 2 is 1.85 bits per heavy atom. The van der Waals surface area contributed by atoms with Crippen LogP contribution < -0.4 is 9.64 Å². The summed E-state index contributed by atoms with van der Waals surface area (Å²) >= 11 is 10.1. The zero-order chi connectivity index (χ0) is 18.7. The molecule has 6 heteroatoms. The van der Waals surface area contributed by atoms with Crippen LogP contribution in [0.4, 0.5) is 5.69 Å². The van der Waals surface area contributed by atoms with E-state index in [0.29, 0.717) is 9.23 Å². The van der Waals surface area contributed by atoms with Crippen LogP contribution in [0.5, 0.6) is 5.75 Å². The molecule has 0 bridgehead atoms. The molecular weight excluding hydrogens is 430 g/mol. The van der Waals surface area contributed by atoms with Crippen molar-refractivity contribution in [1.29, 1.82) is 0 Å². The summed E-state index contributed by atoms with van der Waals surface area (Å²) in [5.74, 6) is 0.737. The first-order valence-corrected chi connectivity index (χ1v) is 10.3. The lowest BCUT2D eigenvalue weighted by molar-refractivity contribution is -0.113. The summed E-state index contributed by atoms with van der Waals surface area (Å²) in [6.07, 6.45) is 3.01. The second-order valence-electron chi connectivity index (χ2n) is 5.90. The van der Waals surface area contributed by atoms with Crippen LogP contribution in [0.15, 0.2) is 57.9 Å². The minimum absolute atomic E-state index is 0.0951. The van der Waals surface area contributed by atoms with Crippen LogP contribution in [-0.2, 0) is 4.79 Å². The molecule has 3 nitrogen and oxygen atoms in total. The van der Waals surface area contributed by atoms with Gasteiger partial charge in [-0.3, -0.25) is 9.69 Å². The van der Waals surface area contributed by atoms with E-state index < -0.39 is 0 Å². The Balaban J connectivity index is 1.78. The maximum atomic E-state index is 12.8.